The first-order chi connectivity index (χ1) is 22.7. The number of pyridine rings is 2. The Balaban J connectivity index is 1.08. The van der Waals surface area contributed by atoms with Crippen molar-refractivity contribution in [1.82, 2.24) is 34.9 Å². The average Bonchev–Trinajstić information content (AvgIpc) is 3.76. The summed E-state index contributed by atoms with van der Waals surface area (Å²) < 4.78 is 2.11. The summed E-state index contributed by atoms with van der Waals surface area (Å²) >= 11 is 1.49. The second-order valence-corrected chi connectivity index (χ2v) is 15.3. The van der Waals surface area contributed by atoms with Crippen LogP contribution in [-0.2, 0) is 12.8 Å². The predicted octanol–water partition coefficient (Wildman–Crippen LogP) is 6.59. The van der Waals surface area contributed by atoms with Crippen LogP contribution in [0.15, 0.2) is 72.2 Å². The van der Waals surface area contributed by atoms with Crippen molar-refractivity contribution in [2.24, 2.45) is 11.3 Å². The molecule has 1 fully saturated rings. The van der Waals surface area contributed by atoms with Gasteiger partial charge in [-0.3, -0.25) is 9.59 Å². The third kappa shape index (κ3) is 7.09. The van der Waals surface area contributed by atoms with E-state index in [1.807, 2.05) is 24.8 Å². The van der Waals surface area contributed by atoms with Crippen molar-refractivity contribution in [3.8, 4) is 11.1 Å². The maximum absolute atomic E-state index is 13.9. The van der Waals surface area contributed by atoms with Crippen LogP contribution in [0.4, 0.5) is 0 Å². The third-order valence-corrected chi connectivity index (χ3v) is 11.3. The topological polar surface area (TPSA) is 109 Å². The van der Waals surface area contributed by atoms with Gasteiger partial charge in [0.25, 0.3) is 5.91 Å². The number of rotatable bonds is 8. The van der Waals surface area contributed by atoms with Crippen molar-refractivity contribution in [2.75, 3.05) is 19.6 Å². The van der Waals surface area contributed by atoms with E-state index in [0.717, 1.165) is 85.1 Å². The smallest absolute Gasteiger partial charge is 0.261 e. The van der Waals surface area contributed by atoms with Crippen LogP contribution in [0, 0.1) is 11.3 Å². The molecule has 0 unspecified atom stereocenters. The van der Waals surface area contributed by atoms with Crippen molar-refractivity contribution in [3.63, 3.8) is 0 Å². The van der Waals surface area contributed by atoms with Crippen LogP contribution in [0.25, 0.3) is 21.3 Å². The number of aromatic nitrogens is 5. The molecule has 1 aliphatic heterocycles. The van der Waals surface area contributed by atoms with Crippen LogP contribution in [-0.4, -0.2) is 55.2 Å². The van der Waals surface area contributed by atoms with Gasteiger partial charge in [-0.25, -0.2) is 4.98 Å². The number of benzene rings is 1. The average molecular weight is 650 g/mol. The number of hydrogen-bond donors (Lipinski definition) is 2. The number of likely N-dealkylation sites (tertiary alicyclic amines) is 1. The zero-order chi connectivity index (χ0) is 32.5. The van der Waals surface area contributed by atoms with Crippen LogP contribution in [0.3, 0.4) is 0 Å². The molecule has 10 heteroatoms. The molecule has 47 heavy (non-hydrogen) atoms. The first-order valence-corrected chi connectivity index (χ1v) is 17.6. The lowest BCUT2D eigenvalue weighted by atomic mass is 9.71. The minimum atomic E-state index is -0.151. The second-order valence-electron chi connectivity index (χ2n) is 14.3. The zero-order valence-electron chi connectivity index (χ0n) is 27.4. The number of fused-ring (bicyclic) bond motifs is 2. The van der Waals surface area contributed by atoms with Crippen molar-refractivity contribution in [1.29, 1.82) is 0 Å². The Bertz CT molecular complexity index is 1880. The summed E-state index contributed by atoms with van der Waals surface area (Å²) in [4.78, 5) is 37.4. The Hall–Kier alpha value is -4.15. The van der Waals surface area contributed by atoms with Gasteiger partial charge in [-0.2, -0.15) is 0 Å². The Morgan fingerprint density at radius 3 is 2.47 bits per heavy atom. The van der Waals surface area contributed by atoms with E-state index in [1.54, 1.807) is 6.20 Å². The van der Waals surface area contributed by atoms with Gasteiger partial charge in [0.1, 0.15) is 17.5 Å². The van der Waals surface area contributed by atoms with Gasteiger partial charge < -0.3 is 19.8 Å². The standard InChI is InChI=1S/C37H43N7O2S/c1-37(2,3)29-9-10-31-27(19-29)18-28-20-33(47-36(28)42-31)35(46)41-32(14-17-43-15-12-30(13-16-43)44-22-39-40-23-44)25-6-4-24(5-7-25)26-8-11-34(45)38-21-26/h4-8,11,18,20-23,29-30,32H,9-10,12-17,19H2,1-3H3,(H,38,45)(H,41,46)/t29-,32+/m0/s1. The van der Waals surface area contributed by atoms with E-state index < -0.39 is 0 Å². The Morgan fingerprint density at radius 2 is 1.77 bits per heavy atom. The number of aromatic amines is 1. The van der Waals surface area contributed by atoms with Gasteiger partial charge in [0, 0.05) is 49.0 Å². The van der Waals surface area contributed by atoms with Crippen molar-refractivity contribution in [2.45, 2.75) is 71.4 Å². The molecule has 2 atom stereocenters. The summed E-state index contributed by atoms with van der Waals surface area (Å²) in [5.74, 6) is 0.584. The molecular weight excluding hydrogens is 607 g/mol. The minimum absolute atomic E-state index is 0.0560. The van der Waals surface area contributed by atoms with Crippen LogP contribution >= 0.6 is 11.3 Å². The van der Waals surface area contributed by atoms with Gasteiger partial charge in [-0.15, -0.1) is 21.5 Å². The minimum Gasteiger partial charge on any atom is -0.344 e. The normalized spacial score (nSPS) is 18.2. The van der Waals surface area contributed by atoms with E-state index >= 15 is 0 Å². The number of nitrogens with zero attached hydrogens (tertiary/aromatic N) is 5. The van der Waals surface area contributed by atoms with E-state index in [9.17, 15) is 9.59 Å². The van der Waals surface area contributed by atoms with Gasteiger partial charge in [-0.1, -0.05) is 45.0 Å². The maximum Gasteiger partial charge on any atom is 0.261 e. The molecular formula is C37H43N7O2S. The highest BCUT2D eigenvalue weighted by molar-refractivity contribution is 7.20. The molecule has 1 saturated heterocycles. The summed E-state index contributed by atoms with van der Waals surface area (Å²) in [5.41, 5.74) is 5.70. The first kappa shape index (κ1) is 31.4. The van der Waals surface area contributed by atoms with Gasteiger partial charge in [0.15, 0.2) is 0 Å². The van der Waals surface area contributed by atoms with Crippen LogP contribution < -0.4 is 10.9 Å². The van der Waals surface area contributed by atoms with Gasteiger partial charge in [-0.05, 0) is 90.3 Å². The molecule has 5 aromatic rings. The lowest BCUT2D eigenvalue weighted by molar-refractivity contribution is 0.0933. The largest absolute Gasteiger partial charge is 0.344 e. The molecule has 0 spiro atoms. The molecule has 9 nitrogen and oxygen atoms in total. The number of amides is 1. The van der Waals surface area contributed by atoms with Crippen molar-refractivity contribution >= 4 is 27.5 Å². The van der Waals surface area contributed by atoms with E-state index in [4.69, 9.17) is 4.98 Å². The summed E-state index contributed by atoms with van der Waals surface area (Å²) in [6, 6.07) is 16.3. The number of H-pyrrole nitrogens is 1. The molecule has 4 aromatic heterocycles. The summed E-state index contributed by atoms with van der Waals surface area (Å²) in [6.07, 6.45) is 11.5. The molecule has 0 saturated carbocycles. The monoisotopic (exact) mass is 649 g/mol. The molecule has 2 aliphatic rings. The number of thiophene rings is 1. The van der Waals surface area contributed by atoms with E-state index in [2.05, 4.69) is 81.1 Å². The number of aryl methyl sites for hydroxylation is 1. The number of carbonyl (C=O) groups excluding carboxylic acids is 1. The van der Waals surface area contributed by atoms with Crippen LogP contribution in [0.2, 0.25) is 0 Å². The highest BCUT2D eigenvalue weighted by Gasteiger charge is 2.30. The second kappa shape index (κ2) is 13.2. The molecule has 1 amide bonds. The van der Waals surface area contributed by atoms with Gasteiger partial charge >= 0.3 is 0 Å². The number of piperidine rings is 1. The van der Waals surface area contributed by atoms with Crippen molar-refractivity contribution in [3.05, 3.63) is 99.4 Å². The van der Waals surface area contributed by atoms with E-state index in [-0.39, 0.29) is 22.9 Å². The fourth-order valence-corrected chi connectivity index (χ4v) is 8.11. The lowest BCUT2D eigenvalue weighted by Crippen LogP contribution is -2.37. The van der Waals surface area contributed by atoms with Crippen LogP contribution in [0.5, 0.6) is 0 Å². The van der Waals surface area contributed by atoms with Gasteiger partial charge in [0.2, 0.25) is 5.56 Å². The maximum atomic E-state index is 13.9. The highest BCUT2D eigenvalue weighted by Crippen LogP contribution is 2.38. The zero-order valence-corrected chi connectivity index (χ0v) is 28.2. The number of carbonyl (C=O) groups is 1. The van der Waals surface area contributed by atoms with Crippen LogP contribution in [0.1, 0.15) is 85.0 Å². The SMILES string of the molecule is CC(C)(C)[C@H]1CCc2nc3sc(C(=O)N[C@H](CCN4CCC(n5cnnc5)CC4)c4ccc(-c5ccc(=O)[nH]c5)cc4)cc3cc2C1. The number of nitrogens with one attached hydrogen (secondary N) is 2. The molecule has 5 heterocycles. The van der Waals surface area contributed by atoms with E-state index in [1.165, 1.54) is 28.7 Å². The molecule has 1 aromatic carbocycles. The molecule has 2 N–H and O–H groups in total. The van der Waals surface area contributed by atoms with Gasteiger partial charge in [0.05, 0.1) is 10.9 Å². The first-order valence-electron chi connectivity index (χ1n) is 16.8. The molecule has 1 aliphatic carbocycles. The number of hydrogen-bond acceptors (Lipinski definition) is 7. The Kier molecular flexibility index (Phi) is 8.81. The third-order valence-electron chi connectivity index (χ3n) is 10.2. The summed E-state index contributed by atoms with van der Waals surface area (Å²) in [6.45, 7) is 9.87. The van der Waals surface area contributed by atoms with E-state index in [0.29, 0.717) is 16.8 Å². The summed E-state index contributed by atoms with van der Waals surface area (Å²) in [5, 5.41) is 12.4. The summed E-state index contributed by atoms with van der Waals surface area (Å²) in [7, 11) is 0. The lowest BCUT2D eigenvalue weighted by Gasteiger charge is -2.34. The highest BCUT2D eigenvalue weighted by atomic mass is 32.1. The Labute approximate surface area is 279 Å². The Morgan fingerprint density at radius 1 is 1.02 bits per heavy atom. The molecule has 0 radical (unpaired) electrons. The predicted molar refractivity (Wildman–Crippen MR) is 187 cm³/mol. The fraction of sp³-hybridized carbons (Fsp3) is 0.432. The quantitative estimate of drug-likeness (QED) is 0.196. The molecule has 7 rings (SSSR count). The molecule has 244 valence electrons. The molecule has 0 bridgehead atoms. The fourth-order valence-electron chi connectivity index (χ4n) is 7.17. The van der Waals surface area contributed by atoms with Crippen molar-refractivity contribution < 1.29 is 4.79 Å².